The van der Waals surface area contributed by atoms with Crippen molar-refractivity contribution in [2.45, 2.75) is 26.6 Å². The molecule has 106 valence electrons. The Hall–Kier alpha value is -2.20. The van der Waals surface area contributed by atoms with Gasteiger partial charge in [-0.2, -0.15) is 0 Å². The summed E-state index contributed by atoms with van der Waals surface area (Å²) in [7, 11) is 0. The van der Waals surface area contributed by atoms with E-state index in [-0.39, 0.29) is 12.7 Å². The van der Waals surface area contributed by atoms with E-state index < -0.39 is 0 Å². The number of hydrogen-bond donors (Lipinski definition) is 2. The first kappa shape index (κ1) is 14.2. The van der Waals surface area contributed by atoms with Crippen LogP contribution < -0.4 is 15.2 Å². The number of nitrogen functional groups attached to an aromatic ring is 1. The van der Waals surface area contributed by atoms with Crippen molar-refractivity contribution in [2.24, 2.45) is 0 Å². The van der Waals surface area contributed by atoms with E-state index in [1.807, 2.05) is 32.0 Å². The number of nitrogens with two attached hydrogens (primary N) is 1. The van der Waals surface area contributed by atoms with Gasteiger partial charge in [0.25, 0.3) is 0 Å². The van der Waals surface area contributed by atoms with Gasteiger partial charge in [0.05, 0.1) is 12.7 Å². The Bertz CT molecular complexity index is 582. The predicted octanol–water partition coefficient (Wildman–Crippen LogP) is 3.34. The van der Waals surface area contributed by atoms with Gasteiger partial charge in [-0.25, -0.2) is 0 Å². The minimum Gasteiger partial charge on any atom is -0.489 e. The molecule has 2 rings (SSSR count). The number of ether oxygens (including phenoxy) is 2. The maximum atomic E-state index is 9.30. The van der Waals surface area contributed by atoms with Crippen LogP contribution in [0.4, 0.5) is 5.69 Å². The van der Waals surface area contributed by atoms with Crippen LogP contribution in [0.15, 0.2) is 42.5 Å². The lowest BCUT2D eigenvalue weighted by Gasteiger charge is -2.16. The minimum atomic E-state index is -0.0851. The molecule has 0 aliphatic carbocycles. The van der Waals surface area contributed by atoms with Gasteiger partial charge >= 0.3 is 0 Å². The third kappa shape index (κ3) is 3.22. The second-order valence-electron chi connectivity index (χ2n) is 4.70. The Labute approximate surface area is 118 Å². The molecule has 0 amide bonds. The van der Waals surface area contributed by atoms with E-state index in [0.29, 0.717) is 28.5 Å². The standard InChI is InChI=1S/C16H19NO3/c1-11(2)19-14-8-5-9-15(16(14)17)20-13-7-4-3-6-12(13)10-18/h3-9,11,18H,10,17H2,1-2H3. The number of rotatable bonds is 5. The highest BCUT2D eigenvalue weighted by Crippen LogP contribution is 2.36. The summed E-state index contributed by atoms with van der Waals surface area (Å²) in [6.07, 6.45) is 0.0391. The third-order valence-corrected chi connectivity index (χ3v) is 2.75. The fraction of sp³-hybridized carbons (Fsp3) is 0.250. The highest BCUT2D eigenvalue weighted by atomic mass is 16.5. The summed E-state index contributed by atoms with van der Waals surface area (Å²) in [5.74, 6) is 1.70. The number of benzene rings is 2. The Morgan fingerprint density at radius 2 is 1.65 bits per heavy atom. The third-order valence-electron chi connectivity index (χ3n) is 2.75. The molecule has 0 atom stereocenters. The Kier molecular flexibility index (Phi) is 4.48. The fourth-order valence-electron chi connectivity index (χ4n) is 1.82. The van der Waals surface area contributed by atoms with Gasteiger partial charge in [0.2, 0.25) is 0 Å². The van der Waals surface area contributed by atoms with Gasteiger partial charge in [-0.05, 0) is 32.0 Å². The second kappa shape index (κ2) is 6.30. The summed E-state index contributed by atoms with van der Waals surface area (Å²) in [5.41, 5.74) is 7.22. The summed E-state index contributed by atoms with van der Waals surface area (Å²) in [6.45, 7) is 3.79. The smallest absolute Gasteiger partial charge is 0.154 e. The molecule has 0 saturated heterocycles. The first-order chi connectivity index (χ1) is 9.61. The van der Waals surface area contributed by atoms with Gasteiger partial charge in [-0.1, -0.05) is 24.3 Å². The first-order valence-electron chi connectivity index (χ1n) is 6.53. The van der Waals surface area contributed by atoms with Crippen LogP contribution >= 0.6 is 0 Å². The zero-order chi connectivity index (χ0) is 14.5. The SMILES string of the molecule is CC(C)Oc1cccc(Oc2ccccc2CO)c1N. The molecule has 0 fully saturated rings. The summed E-state index contributed by atoms with van der Waals surface area (Å²) in [4.78, 5) is 0. The van der Waals surface area contributed by atoms with Crippen molar-refractivity contribution in [2.75, 3.05) is 5.73 Å². The minimum absolute atomic E-state index is 0.0391. The van der Waals surface area contributed by atoms with Gasteiger partial charge in [0.1, 0.15) is 17.2 Å². The molecule has 0 heterocycles. The highest BCUT2D eigenvalue weighted by molar-refractivity contribution is 5.63. The largest absolute Gasteiger partial charge is 0.489 e. The summed E-state index contributed by atoms with van der Waals surface area (Å²) >= 11 is 0. The van der Waals surface area contributed by atoms with Crippen LogP contribution in [0, 0.1) is 0 Å². The van der Waals surface area contributed by atoms with Crippen LogP contribution in [-0.4, -0.2) is 11.2 Å². The van der Waals surface area contributed by atoms with Crippen molar-refractivity contribution >= 4 is 5.69 Å². The summed E-state index contributed by atoms with van der Waals surface area (Å²) in [5, 5.41) is 9.30. The number of hydrogen-bond acceptors (Lipinski definition) is 4. The van der Waals surface area contributed by atoms with Gasteiger partial charge in [0, 0.05) is 5.56 Å². The average molecular weight is 273 g/mol. The molecule has 0 radical (unpaired) electrons. The number of aliphatic hydroxyl groups is 1. The Balaban J connectivity index is 2.29. The molecule has 0 saturated carbocycles. The molecular formula is C16H19NO3. The normalized spacial score (nSPS) is 10.6. The van der Waals surface area contributed by atoms with E-state index in [2.05, 4.69) is 0 Å². The van der Waals surface area contributed by atoms with E-state index in [1.54, 1.807) is 24.3 Å². The molecular weight excluding hydrogens is 254 g/mol. The molecule has 3 N–H and O–H groups in total. The zero-order valence-electron chi connectivity index (χ0n) is 11.7. The van der Waals surface area contributed by atoms with Crippen molar-refractivity contribution < 1.29 is 14.6 Å². The van der Waals surface area contributed by atoms with Gasteiger partial charge in [-0.3, -0.25) is 0 Å². The van der Waals surface area contributed by atoms with Crippen molar-refractivity contribution in [3.63, 3.8) is 0 Å². The molecule has 0 aromatic heterocycles. The van der Waals surface area contributed by atoms with E-state index in [4.69, 9.17) is 15.2 Å². The topological polar surface area (TPSA) is 64.7 Å². The molecule has 20 heavy (non-hydrogen) atoms. The van der Waals surface area contributed by atoms with Crippen LogP contribution in [0.2, 0.25) is 0 Å². The quantitative estimate of drug-likeness (QED) is 0.820. The van der Waals surface area contributed by atoms with E-state index in [9.17, 15) is 5.11 Å². The first-order valence-corrected chi connectivity index (χ1v) is 6.53. The fourth-order valence-corrected chi connectivity index (χ4v) is 1.82. The number of anilines is 1. The van der Waals surface area contributed by atoms with Crippen molar-refractivity contribution in [1.29, 1.82) is 0 Å². The van der Waals surface area contributed by atoms with Crippen LogP contribution in [0.5, 0.6) is 17.2 Å². The molecule has 0 bridgehead atoms. The van der Waals surface area contributed by atoms with E-state index >= 15 is 0 Å². The van der Waals surface area contributed by atoms with Crippen LogP contribution in [-0.2, 0) is 6.61 Å². The van der Waals surface area contributed by atoms with Crippen molar-refractivity contribution in [1.82, 2.24) is 0 Å². The van der Waals surface area contributed by atoms with E-state index in [0.717, 1.165) is 0 Å². The van der Waals surface area contributed by atoms with Gasteiger partial charge < -0.3 is 20.3 Å². The summed E-state index contributed by atoms with van der Waals surface area (Å²) in [6, 6.07) is 12.7. The maximum absolute atomic E-state index is 9.30. The lowest BCUT2D eigenvalue weighted by Crippen LogP contribution is -2.08. The van der Waals surface area contributed by atoms with Crippen molar-refractivity contribution in [3.8, 4) is 17.2 Å². The molecule has 0 unspecified atom stereocenters. The zero-order valence-corrected chi connectivity index (χ0v) is 11.7. The number of aliphatic hydroxyl groups excluding tert-OH is 1. The van der Waals surface area contributed by atoms with Crippen molar-refractivity contribution in [3.05, 3.63) is 48.0 Å². The predicted molar refractivity (Wildman–Crippen MR) is 79.1 cm³/mol. The molecule has 0 aliphatic rings. The van der Waals surface area contributed by atoms with Crippen LogP contribution in [0.1, 0.15) is 19.4 Å². The van der Waals surface area contributed by atoms with E-state index in [1.165, 1.54) is 0 Å². The number of para-hydroxylation sites is 2. The molecule has 4 nitrogen and oxygen atoms in total. The van der Waals surface area contributed by atoms with Crippen LogP contribution in [0.25, 0.3) is 0 Å². The van der Waals surface area contributed by atoms with Crippen LogP contribution in [0.3, 0.4) is 0 Å². The van der Waals surface area contributed by atoms with Gasteiger partial charge in [-0.15, -0.1) is 0 Å². The lowest BCUT2D eigenvalue weighted by atomic mass is 10.2. The average Bonchev–Trinajstić information content (AvgIpc) is 2.43. The molecule has 2 aromatic rings. The highest BCUT2D eigenvalue weighted by Gasteiger charge is 2.11. The maximum Gasteiger partial charge on any atom is 0.154 e. The monoisotopic (exact) mass is 273 g/mol. The second-order valence-corrected chi connectivity index (χ2v) is 4.70. The lowest BCUT2D eigenvalue weighted by molar-refractivity contribution is 0.243. The summed E-state index contributed by atoms with van der Waals surface area (Å²) < 4.78 is 11.4. The van der Waals surface area contributed by atoms with Gasteiger partial charge in [0.15, 0.2) is 5.75 Å². The molecule has 4 heteroatoms. The Morgan fingerprint density at radius 3 is 2.35 bits per heavy atom. The molecule has 0 aliphatic heterocycles. The molecule has 0 spiro atoms. The Morgan fingerprint density at radius 1 is 1.00 bits per heavy atom. The molecule has 2 aromatic carbocycles.